The van der Waals surface area contributed by atoms with E-state index in [1.54, 1.807) is 26.0 Å². The van der Waals surface area contributed by atoms with Gasteiger partial charge in [-0.3, -0.25) is 9.59 Å². The van der Waals surface area contributed by atoms with Crippen LogP contribution in [-0.4, -0.2) is 35.1 Å². The molecule has 18 heavy (non-hydrogen) atoms. The number of amides is 1. The molecule has 0 saturated heterocycles. The highest BCUT2D eigenvalue weighted by Gasteiger charge is 2.17. The van der Waals surface area contributed by atoms with Crippen molar-refractivity contribution in [2.24, 2.45) is 0 Å². The fourth-order valence-electron chi connectivity index (χ4n) is 1.48. The quantitative estimate of drug-likeness (QED) is 0.815. The smallest absolute Gasteiger partial charge is 0.305 e. The molecule has 1 aromatic rings. The van der Waals surface area contributed by atoms with Crippen molar-refractivity contribution in [3.63, 3.8) is 0 Å². The van der Waals surface area contributed by atoms with Crippen LogP contribution in [-0.2, 0) is 4.79 Å². The molecule has 0 spiro atoms. The highest BCUT2D eigenvalue weighted by molar-refractivity contribution is 5.96. The van der Waals surface area contributed by atoms with Gasteiger partial charge in [0.1, 0.15) is 5.56 Å². The van der Waals surface area contributed by atoms with Gasteiger partial charge in [-0.05, 0) is 26.0 Å². The molecule has 0 aromatic carbocycles. The van der Waals surface area contributed by atoms with Crippen molar-refractivity contribution in [1.29, 1.82) is 0 Å². The topological polar surface area (TPSA) is 88.5 Å². The van der Waals surface area contributed by atoms with Gasteiger partial charge in [-0.15, -0.1) is 0 Å². The molecule has 0 radical (unpaired) electrons. The van der Waals surface area contributed by atoms with Crippen molar-refractivity contribution < 1.29 is 19.4 Å². The van der Waals surface area contributed by atoms with E-state index in [9.17, 15) is 9.59 Å². The molecule has 1 heterocycles. The van der Waals surface area contributed by atoms with Crippen molar-refractivity contribution >= 4 is 11.9 Å². The molecule has 98 valence electrons. The lowest BCUT2D eigenvalue weighted by Gasteiger charge is -2.13. The normalized spacial score (nSPS) is 11.7. The molecule has 0 saturated carbocycles. The number of aryl methyl sites for hydroxylation is 1. The third-order valence-electron chi connectivity index (χ3n) is 2.30. The number of ether oxygens (including phenoxy) is 1. The van der Waals surface area contributed by atoms with Crippen LogP contribution >= 0.6 is 0 Å². The minimum Gasteiger partial charge on any atom is -0.481 e. The summed E-state index contributed by atoms with van der Waals surface area (Å²) in [5.41, 5.74) is 1.03. The van der Waals surface area contributed by atoms with Crippen molar-refractivity contribution in [1.82, 2.24) is 10.3 Å². The number of carboxylic acid groups (broad SMARTS) is 1. The first-order chi connectivity index (χ1) is 8.43. The summed E-state index contributed by atoms with van der Waals surface area (Å²) in [6, 6.07) is 2.84. The second-order valence-corrected chi connectivity index (χ2v) is 3.98. The number of pyridine rings is 1. The number of hydrogen-bond donors (Lipinski definition) is 2. The van der Waals surface area contributed by atoms with E-state index in [4.69, 9.17) is 9.84 Å². The molecule has 0 aliphatic rings. The van der Waals surface area contributed by atoms with Crippen LogP contribution in [0.2, 0.25) is 0 Å². The number of carbonyl (C=O) groups is 2. The van der Waals surface area contributed by atoms with Crippen LogP contribution in [0.25, 0.3) is 0 Å². The van der Waals surface area contributed by atoms with E-state index < -0.39 is 17.9 Å². The SMILES string of the molecule is COc1nc(C)ccc1C(=O)NC(C)CC(=O)O. The molecular formula is C12H16N2O4. The maximum atomic E-state index is 11.9. The second kappa shape index (κ2) is 6.00. The van der Waals surface area contributed by atoms with Crippen molar-refractivity contribution in [2.45, 2.75) is 26.3 Å². The predicted molar refractivity (Wildman–Crippen MR) is 64.7 cm³/mol. The third-order valence-corrected chi connectivity index (χ3v) is 2.30. The Morgan fingerprint density at radius 2 is 2.17 bits per heavy atom. The summed E-state index contributed by atoms with van der Waals surface area (Å²) in [6.45, 7) is 3.41. The van der Waals surface area contributed by atoms with Crippen LogP contribution in [0.4, 0.5) is 0 Å². The van der Waals surface area contributed by atoms with E-state index in [0.29, 0.717) is 5.56 Å². The summed E-state index contributed by atoms with van der Waals surface area (Å²) < 4.78 is 5.02. The fourth-order valence-corrected chi connectivity index (χ4v) is 1.48. The first kappa shape index (κ1) is 14.0. The Morgan fingerprint density at radius 3 is 2.72 bits per heavy atom. The van der Waals surface area contributed by atoms with Gasteiger partial charge >= 0.3 is 5.97 Å². The first-order valence-electron chi connectivity index (χ1n) is 5.48. The van der Waals surface area contributed by atoms with Crippen LogP contribution in [0.15, 0.2) is 12.1 Å². The Labute approximate surface area is 105 Å². The molecule has 0 bridgehead atoms. The van der Waals surface area contributed by atoms with Crippen LogP contribution in [0, 0.1) is 6.92 Å². The summed E-state index contributed by atoms with van der Waals surface area (Å²) >= 11 is 0. The maximum absolute atomic E-state index is 11.9. The minimum absolute atomic E-state index is 0.132. The van der Waals surface area contributed by atoms with Crippen molar-refractivity contribution in [3.05, 3.63) is 23.4 Å². The van der Waals surface area contributed by atoms with Crippen molar-refractivity contribution in [2.75, 3.05) is 7.11 Å². The van der Waals surface area contributed by atoms with E-state index in [1.807, 2.05) is 0 Å². The molecule has 2 N–H and O–H groups in total. The summed E-state index contributed by atoms with van der Waals surface area (Å²) in [7, 11) is 1.43. The maximum Gasteiger partial charge on any atom is 0.305 e. The standard InChI is InChI=1S/C12H16N2O4/c1-7-4-5-9(12(14-7)18-3)11(17)13-8(2)6-10(15)16/h4-5,8H,6H2,1-3H3,(H,13,17)(H,15,16). The number of hydrogen-bond acceptors (Lipinski definition) is 4. The van der Waals surface area contributed by atoms with Crippen LogP contribution < -0.4 is 10.1 Å². The molecule has 1 atom stereocenters. The molecule has 6 heteroatoms. The molecule has 0 aliphatic heterocycles. The zero-order valence-corrected chi connectivity index (χ0v) is 10.6. The Bertz CT molecular complexity index is 459. The first-order valence-corrected chi connectivity index (χ1v) is 5.48. The molecule has 0 fully saturated rings. The molecule has 6 nitrogen and oxygen atoms in total. The third kappa shape index (κ3) is 3.73. The number of aliphatic carboxylic acids is 1. The fraction of sp³-hybridized carbons (Fsp3) is 0.417. The summed E-state index contributed by atoms with van der Waals surface area (Å²) in [5, 5.41) is 11.2. The average molecular weight is 252 g/mol. The van der Waals surface area contributed by atoms with Gasteiger partial charge in [0.05, 0.1) is 13.5 Å². The van der Waals surface area contributed by atoms with E-state index >= 15 is 0 Å². The Kier molecular flexibility index (Phi) is 4.65. The number of carbonyl (C=O) groups excluding carboxylic acids is 1. The van der Waals surface area contributed by atoms with Gasteiger partial charge < -0.3 is 15.2 Å². The van der Waals surface area contributed by atoms with Gasteiger partial charge in [-0.2, -0.15) is 0 Å². The lowest BCUT2D eigenvalue weighted by molar-refractivity contribution is -0.137. The highest BCUT2D eigenvalue weighted by Crippen LogP contribution is 2.15. The zero-order valence-electron chi connectivity index (χ0n) is 10.6. The second-order valence-electron chi connectivity index (χ2n) is 3.98. The Morgan fingerprint density at radius 1 is 1.50 bits per heavy atom. The van der Waals surface area contributed by atoms with Gasteiger partial charge in [-0.25, -0.2) is 4.98 Å². The minimum atomic E-state index is -0.961. The molecule has 1 aromatic heterocycles. The number of carboxylic acids is 1. The van der Waals surface area contributed by atoms with E-state index in [0.717, 1.165) is 5.69 Å². The lowest BCUT2D eigenvalue weighted by Crippen LogP contribution is -2.34. The van der Waals surface area contributed by atoms with Crippen LogP contribution in [0.5, 0.6) is 5.88 Å². The van der Waals surface area contributed by atoms with Crippen molar-refractivity contribution in [3.8, 4) is 5.88 Å². The number of methoxy groups -OCH3 is 1. The highest BCUT2D eigenvalue weighted by atomic mass is 16.5. The number of nitrogens with one attached hydrogen (secondary N) is 1. The zero-order chi connectivity index (χ0) is 13.7. The summed E-state index contributed by atoms with van der Waals surface area (Å²) in [4.78, 5) is 26.5. The Hall–Kier alpha value is -2.11. The van der Waals surface area contributed by atoms with Gasteiger partial charge in [0.15, 0.2) is 0 Å². The monoisotopic (exact) mass is 252 g/mol. The average Bonchev–Trinajstić information content (AvgIpc) is 2.27. The van der Waals surface area contributed by atoms with E-state index in [-0.39, 0.29) is 12.3 Å². The van der Waals surface area contributed by atoms with E-state index in [2.05, 4.69) is 10.3 Å². The van der Waals surface area contributed by atoms with Gasteiger partial charge in [-0.1, -0.05) is 0 Å². The molecule has 0 aliphatic carbocycles. The van der Waals surface area contributed by atoms with Crippen LogP contribution in [0.3, 0.4) is 0 Å². The van der Waals surface area contributed by atoms with E-state index in [1.165, 1.54) is 7.11 Å². The number of aromatic nitrogens is 1. The van der Waals surface area contributed by atoms with Gasteiger partial charge in [0.25, 0.3) is 5.91 Å². The molecule has 1 unspecified atom stereocenters. The molecule has 1 rings (SSSR count). The van der Waals surface area contributed by atoms with Gasteiger partial charge in [0, 0.05) is 11.7 Å². The number of nitrogens with zero attached hydrogens (tertiary/aromatic N) is 1. The largest absolute Gasteiger partial charge is 0.481 e. The molecular weight excluding hydrogens is 236 g/mol. The Balaban J connectivity index is 2.81. The number of rotatable bonds is 5. The summed E-state index contributed by atoms with van der Waals surface area (Å²) in [6.07, 6.45) is -0.132. The summed E-state index contributed by atoms with van der Waals surface area (Å²) in [5.74, 6) is -1.13. The lowest BCUT2D eigenvalue weighted by atomic mass is 10.2. The van der Waals surface area contributed by atoms with Gasteiger partial charge in [0.2, 0.25) is 5.88 Å². The van der Waals surface area contributed by atoms with Crippen LogP contribution in [0.1, 0.15) is 29.4 Å². The predicted octanol–water partition coefficient (Wildman–Crippen LogP) is 0.992. The molecule has 1 amide bonds.